The second-order valence-corrected chi connectivity index (χ2v) is 6.86. The van der Waals surface area contributed by atoms with Crippen molar-refractivity contribution in [2.45, 2.75) is 20.3 Å². The number of aromatic amines is 1. The van der Waals surface area contributed by atoms with Gasteiger partial charge < -0.3 is 5.32 Å². The summed E-state index contributed by atoms with van der Waals surface area (Å²) in [6.07, 6.45) is 0.879. The number of amides is 1. The largest absolute Gasteiger partial charge is 0.321 e. The number of carbonyl (C=O) groups is 1. The van der Waals surface area contributed by atoms with Gasteiger partial charge in [0.05, 0.1) is 0 Å². The van der Waals surface area contributed by atoms with Crippen molar-refractivity contribution in [2.75, 3.05) is 5.32 Å². The van der Waals surface area contributed by atoms with E-state index in [1.165, 1.54) is 0 Å². The number of rotatable bonds is 4. The molecule has 0 saturated heterocycles. The fraction of sp³-hybridized carbons (Fsp3) is 0.222. The van der Waals surface area contributed by atoms with Crippen LogP contribution in [0.2, 0.25) is 0 Å². The molecule has 3 aromatic rings. The summed E-state index contributed by atoms with van der Waals surface area (Å²) in [7, 11) is 0. The van der Waals surface area contributed by atoms with Crippen molar-refractivity contribution in [1.29, 1.82) is 0 Å². The van der Waals surface area contributed by atoms with Crippen molar-refractivity contribution in [3.8, 4) is 0 Å². The van der Waals surface area contributed by atoms with Crippen LogP contribution in [0.5, 0.6) is 0 Å². The topological polar surface area (TPSA) is 57.8 Å². The lowest BCUT2D eigenvalue weighted by Crippen LogP contribution is -2.12. The van der Waals surface area contributed by atoms with Gasteiger partial charge in [-0.15, -0.1) is 0 Å². The Morgan fingerprint density at radius 3 is 2.87 bits per heavy atom. The minimum atomic E-state index is -0.203. The molecule has 23 heavy (non-hydrogen) atoms. The minimum absolute atomic E-state index is 0.203. The molecule has 1 aromatic heterocycles. The molecule has 0 aliphatic heterocycles. The predicted octanol–water partition coefficient (Wildman–Crippen LogP) is 4.78. The van der Waals surface area contributed by atoms with E-state index < -0.39 is 0 Å². The Labute approximate surface area is 143 Å². The van der Waals surface area contributed by atoms with E-state index in [1.54, 1.807) is 0 Å². The molecule has 1 heterocycles. The van der Waals surface area contributed by atoms with E-state index in [9.17, 15) is 4.79 Å². The zero-order valence-corrected chi connectivity index (χ0v) is 14.6. The molecule has 0 spiro atoms. The molecule has 2 aromatic carbocycles. The van der Waals surface area contributed by atoms with Crippen LogP contribution in [0, 0.1) is 5.92 Å². The smallest absolute Gasteiger partial charge is 0.276 e. The summed E-state index contributed by atoms with van der Waals surface area (Å²) in [5.74, 6) is 0.316. The Bertz CT molecular complexity index is 854. The second-order valence-electron chi connectivity index (χ2n) is 6.01. The average Bonchev–Trinajstić information content (AvgIpc) is 2.95. The van der Waals surface area contributed by atoms with Gasteiger partial charge in [-0.2, -0.15) is 5.10 Å². The predicted molar refractivity (Wildman–Crippen MR) is 96.7 cm³/mol. The number of hydrogen-bond acceptors (Lipinski definition) is 2. The molecule has 0 aliphatic carbocycles. The number of hydrogen-bond donors (Lipinski definition) is 2. The van der Waals surface area contributed by atoms with Gasteiger partial charge in [0.15, 0.2) is 5.69 Å². The zero-order valence-electron chi connectivity index (χ0n) is 13.1. The normalized spacial score (nSPS) is 11.1. The average molecular weight is 372 g/mol. The first kappa shape index (κ1) is 15.7. The standard InChI is InChI=1S/C18H18BrN3O/c1-11(2)8-14-10-17(22-21-14)18(23)20-13-6-7-15-12(9-13)4-3-5-16(15)19/h3-7,9-11H,8H2,1-2H3,(H,20,23)(H,21,22). The Balaban J connectivity index is 1.78. The number of nitrogens with zero attached hydrogens (tertiary/aromatic N) is 1. The van der Waals surface area contributed by atoms with E-state index in [0.29, 0.717) is 11.6 Å². The molecule has 0 saturated carbocycles. The number of fused-ring (bicyclic) bond motifs is 1. The molecular formula is C18H18BrN3O. The summed E-state index contributed by atoms with van der Waals surface area (Å²) < 4.78 is 1.04. The summed E-state index contributed by atoms with van der Waals surface area (Å²) in [6.45, 7) is 4.27. The van der Waals surface area contributed by atoms with Crippen molar-refractivity contribution >= 4 is 38.3 Å². The van der Waals surface area contributed by atoms with Gasteiger partial charge in [-0.05, 0) is 47.4 Å². The first-order valence-corrected chi connectivity index (χ1v) is 8.36. The van der Waals surface area contributed by atoms with Crippen molar-refractivity contribution in [1.82, 2.24) is 10.2 Å². The molecule has 0 fully saturated rings. The van der Waals surface area contributed by atoms with Gasteiger partial charge >= 0.3 is 0 Å². The maximum absolute atomic E-state index is 12.3. The number of nitrogens with one attached hydrogen (secondary N) is 2. The van der Waals surface area contributed by atoms with E-state index in [4.69, 9.17) is 0 Å². The van der Waals surface area contributed by atoms with Crippen molar-refractivity contribution < 1.29 is 4.79 Å². The van der Waals surface area contributed by atoms with Crippen LogP contribution in [0.3, 0.4) is 0 Å². The van der Waals surface area contributed by atoms with Crippen LogP contribution in [0.15, 0.2) is 46.9 Å². The lowest BCUT2D eigenvalue weighted by molar-refractivity contribution is 0.102. The number of halogens is 1. The van der Waals surface area contributed by atoms with E-state index in [2.05, 4.69) is 45.3 Å². The molecule has 0 unspecified atom stereocenters. The van der Waals surface area contributed by atoms with Crippen LogP contribution in [0.1, 0.15) is 30.0 Å². The first-order chi connectivity index (χ1) is 11.0. The maximum Gasteiger partial charge on any atom is 0.276 e. The van der Waals surface area contributed by atoms with Crippen LogP contribution in [-0.2, 0) is 6.42 Å². The zero-order chi connectivity index (χ0) is 16.4. The van der Waals surface area contributed by atoms with E-state index in [-0.39, 0.29) is 5.91 Å². The SMILES string of the molecule is CC(C)Cc1cc(C(=O)Nc2ccc3c(Br)cccc3c2)n[nH]1. The van der Waals surface area contributed by atoms with Gasteiger partial charge in [0, 0.05) is 15.9 Å². The first-order valence-electron chi connectivity index (χ1n) is 7.57. The van der Waals surface area contributed by atoms with Crippen LogP contribution < -0.4 is 5.32 Å². The molecule has 1 amide bonds. The molecule has 0 radical (unpaired) electrons. The lowest BCUT2D eigenvalue weighted by Gasteiger charge is -2.06. The highest BCUT2D eigenvalue weighted by Crippen LogP contribution is 2.26. The van der Waals surface area contributed by atoms with Crippen molar-refractivity contribution in [2.24, 2.45) is 5.92 Å². The third kappa shape index (κ3) is 3.62. The fourth-order valence-electron chi connectivity index (χ4n) is 2.54. The molecule has 0 aliphatic rings. The highest BCUT2D eigenvalue weighted by atomic mass is 79.9. The second kappa shape index (κ2) is 6.54. The summed E-state index contributed by atoms with van der Waals surface area (Å²) in [4.78, 5) is 12.3. The van der Waals surface area contributed by atoms with Crippen LogP contribution in [0.25, 0.3) is 10.8 Å². The molecule has 0 atom stereocenters. The highest BCUT2D eigenvalue weighted by Gasteiger charge is 2.12. The molecule has 4 nitrogen and oxygen atoms in total. The Morgan fingerprint density at radius 1 is 1.26 bits per heavy atom. The molecular weight excluding hydrogens is 354 g/mol. The van der Waals surface area contributed by atoms with Gasteiger partial charge in [0.2, 0.25) is 0 Å². The minimum Gasteiger partial charge on any atom is -0.321 e. The molecule has 2 N–H and O–H groups in total. The number of carbonyl (C=O) groups excluding carboxylic acids is 1. The molecule has 3 rings (SSSR count). The van der Waals surface area contributed by atoms with Gasteiger partial charge in [-0.25, -0.2) is 0 Å². The van der Waals surface area contributed by atoms with E-state index >= 15 is 0 Å². The third-order valence-electron chi connectivity index (χ3n) is 3.58. The number of benzene rings is 2. The van der Waals surface area contributed by atoms with Crippen LogP contribution in [-0.4, -0.2) is 16.1 Å². The highest BCUT2D eigenvalue weighted by molar-refractivity contribution is 9.10. The summed E-state index contributed by atoms with van der Waals surface area (Å²) >= 11 is 3.53. The van der Waals surface area contributed by atoms with Crippen LogP contribution in [0.4, 0.5) is 5.69 Å². The number of anilines is 1. The third-order valence-corrected chi connectivity index (χ3v) is 4.27. The Kier molecular flexibility index (Phi) is 4.48. The van der Waals surface area contributed by atoms with Crippen molar-refractivity contribution in [3.05, 3.63) is 58.3 Å². The maximum atomic E-state index is 12.3. The van der Waals surface area contributed by atoms with Gasteiger partial charge in [-0.3, -0.25) is 9.89 Å². The van der Waals surface area contributed by atoms with Crippen molar-refractivity contribution in [3.63, 3.8) is 0 Å². The Hall–Kier alpha value is -2.14. The Morgan fingerprint density at radius 2 is 2.09 bits per heavy atom. The molecule has 0 bridgehead atoms. The monoisotopic (exact) mass is 371 g/mol. The number of aromatic nitrogens is 2. The number of H-pyrrole nitrogens is 1. The molecule has 118 valence electrons. The quantitative estimate of drug-likeness (QED) is 0.693. The van der Waals surface area contributed by atoms with E-state index in [0.717, 1.165) is 33.0 Å². The van der Waals surface area contributed by atoms with Crippen LogP contribution >= 0.6 is 15.9 Å². The summed E-state index contributed by atoms with van der Waals surface area (Å²) in [6, 6.07) is 13.7. The van der Waals surface area contributed by atoms with E-state index in [1.807, 2.05) is 42.5 Å². The lowest BCUT2D eigenvalue weighted by atomic mass is 10.1. The summed E-state index contributed by atoms with van der Waals surface area (Å²) in [5.41, 5.74) is 2.15. The fourth-order valence-corrected chi connectivity index (χ4v) is 3.05. The molecule has 5 heteroatoms. The summed E-state index contributed by atoms with van der Waals surface area (Å²) in [5, 5.41) is 12.1. The van der Waals surface area contributed by atoms with Gasteiger partial charge in [0.1, 0.15) is 0 Å². The van der Waals surface area contributed by atoms with Gasteiger partial charge in [0.25, 0.3) is 5.91 Å². The van der Waals surface area contributed by atoms with Gasteiger partial charge in [-0.1, -0.05) is 48.0 Å².